The van der Waals surface area contributed by atoms with Crippen molar-refractivity contribution in [3.05, 3.63) is 20.3 Å². The molecule has 6 heteroatoms. The summed E-state index contributed by atoms with van der Waals surface area (Å²) in [6.45, 7) is 4.37. The van der Waals surface area contributed by atoms with E-state index >= 15 is 0 Å². The van der Waals surface area contributed by atoms with Crippen LogP contribution < -0.4 is 16.6 Å². The zero-order valence-electron chi connectivity index (χ0n) is 8.10. The van der Waals surface area contributed by atoms with E-state index in [1.807, 2.05) is 36.4 Å². The molecule has 78 valence electrons. The van der Waals surface area contributed by atoms with Crippen LogP contribution in [0.25, 0.3) is 0 Å². The van der Waals surface area contributed by atoms with Crippen LogP contribution in [-0.2, 0) is 0 Å². The maximum Gasteiger partial charge on any atom is 0.266 e. The molecule has 0 aromatic carbocycles. The highest BCUT2D eigenvalue weighted by molar-refractivity contribution is 14.1. The monoisotopic (exact) mass is 308 g/mol. The molecular formula is C8H13IN4O. The van der Waals surface area contributed by atoms with Crippen LogP contribution in [0.3, 0.4) is 0 Å². The summed E-state index contributed by atoms with van der Waals surface area (Å²) in [4.78, 5) is 17.7. The molecule has 0 saturated heterocycles. The van der Waals surface area contributed by atoms with Gasteiger partial charge in [-0.1, -0.05) is 0 Å². The fourth-order valence-corrected chi connectivity index (χ4v) is 1.30. The topological polar surface area (TPSA) is 83.8 Å². The molecule has 1 aromatic heterocycles. The van der Waals surface area contributed by atoms with Gasteiger partial charge >= 0.3 is 0 Å². The number of nitrogens with zero attached hydrogens (tertiary/aromatic N) is 1. The molecule has 0 radical (unpaired) electrons. The second kappa shape index (κ2) is 4.26. The molecule has 0 aliphatic rings. The Morgan fingerprint density at radius 1 is 1.71 bits per heavy atom. The van der Waals surface area contributed by atoms with E-state index in [1.165, 1.54) is 6.33 Å². The molecule has 0 bridgehead atoms. The minimum absolute atomic E-state index is 0.141. The van der Waals surface area contributed by atoms with Gasteiger partial charge in [0.15, 0.2) is 0 Å². The summed E-state index contributed by atoms with van der Waals surface area (Å²) in [5.41, 5.74) is 5.33. The van der Waals surface area contributed by atoms with Gasteiger partial charge in [-0.05, 0) is 36.4 Å². The van der Waals surface area contributed by atoms with Crippen LogP contribution in [0.15, 0.2) is 11.1 Å². The number of hydrogen-bond donors (Lipinski definition) is 3. The Labute approximate surface area is 95.6 Å². The minimum Gasteiger partial charge on any atom is -0.367 e. The summed E-state index contributed by atoms with van der Waals surface area (Å²) in [5, 5.41) is 3.03. The van der Waals surface area contributed by atoms with Crippen molar-refractivity contribution in [2.24, 2.45) is 5.73 Å². The number of hydrogen-bond acceptors (Lipinski definition) is 4. The SMILES string of the molecule is CC(C)(N)CNc1nc[nH]c(=O)c1I. The van der Waals surface area contributed by atoms with Gasteiger partial charge in [-0.15, -0.1) is 0 Å². The zero-order valence-corrected chi connectivity index (χ0v) is 10.3. The fourth-order valence-electron chi connectivity index (χ4n) is 0.818. The number of aromatic nitrogens is 2. The van der Waals surface area contributed by atoms with Crippen LogP contribution in [0, 0.1) is 3.57 Å². The van der Waals surface area contributed by atoms with Crippen LogP contribution >= 0.6 is 22.6 Å². The van der Waals surface area contributed by atoms with Gasteiger partial charge in [-0.3, -0.25) is 4.79 Å². The number of anilines is 1. The number of nitrogens with two attached hydrogens (primary N) is 1. The highest BCUT2D eigenvalue weighted by Crippen LogP contribution is 2.09. The average Bonchev–Trinajstić information content (AvgIpc) is 2.06. The van der Waals surface area contributed by atoms with E-state index < -0.39 is 0 Å². The molecule has 0 unspecified atom stereocenters. The second-order valence-corrected chi connectivity index (χ2v) is 4.82. The zero-order chi connectivity index (χ0) is 10.8. The Kier molecular flexibility index (Phi) is 3.48. The lowest BCUT2D eigenvalue weighted by atomic mass is 10.1. The van der Waals surface area contributed by atoms with Crippen LogP contribution in [0.2, 0.25) is 0 Å². The van der Waals surface area contributed by atoms with Gasteiger partial charge in [0.2, 0.25) is 0 Å². The number of nitrogens with one attached hydrogen (secondary N) is 2. The quantitative estimate of drug-likeness (QED) is 0.711. The van der Waals surface area contributed by atoms with Crippen molar-refractivity contribution >= 4 is 28.4 Å². The number of aromatic amines is 1. The van der Waals surface area contributed by atoms with Crippen molar-refractivity contribution in [3.8, 4) is 0 Å². The lowest BCUT2D eigenvalue weighted by Gasteiger charge is -2.19. The molecule has 0 amide bonds. The van der Waals surface area contributed by atoms with E-state index in [4.69, 9.17) is 5.73 Å². The Bertz CT molecular complexity index is 368. The van der Waals surface area contributed by atoms with Gasteiger partial charge in [0.1, 0.15) is 9.39 Å². The van der Waals surface area contributed by atoms with Crippen molar-refractivity contribution in [1.82, 2.24) is 9.97 Å². The third-order valence-electron chi connectivity index (χ3n) is 1.51. The van der Waals surface area contributed by atoms with Gasteiger partial charge in [-0.2, -0.15) is 0 Å². The second-order valence-electron chi connectivity index (χ2n) is 3.74. The van der Waals surface area contributed by atoms with Crippen molar-refractivity contribution in [2.45, 2.75) is 19.4 Å². The van der Waals surface area contributed by atoms with Crippen molar-refractivity contribution in [3.63, 3.8) is 0 Å². The lowest BCUT2D eigenvalue weighted by molar-refractivity contribution is 0.548. The maximum atomic E-state index is 11.2. The molecule has 1 rings (SSSR count). The van der Waals surface area contributed by atoms with Gasteiger partial charge in [0.05, 0.1) is 6.33 Å². The summed E-state index contributed by atoms with van der Waals surface area (Å²) in [7, 11) is 0. The van der Waals surface area contributed by atoms with Crippen molar-refractivity contribution in [2.75, 3.05) is 11.9 Å². The van der Waals surface area contributed by atoms with E-state index in [-0.39, 0.29) is 11.1 Å². The summed E-state index contributed by atoms with van der Waals surface area (Å²) in [5.74, 6) is 0.577. The number of halogens is 1. The molecule has 0 fully saturated rings. The van der Waals surface area contributed by atoms with Crippen LogP contribution in [0.4, 0.5) is 5.82 Å². The smallest absolute Gasteiger partial charge is 0.266 e. The summed E-state index contributed by atoms with van der Waals surface area (Å²) >= 11 is 1.95. The Hall–Kier alpha value is -0.630. The van der Waals surface area contributed by atoms with E-state index in [2.05, 4.69) is 15.3 Å². The molecule has 0 aliphatic carbocycles. The predicted molar refractivity (Wildman–Crippen MR) is 64.3 cm³/mol. The molecular weight excluding hydrogens is 295 g/mol. The molecule has 0 spiro atoms. The van der Waals surface area contributed by atoms with E-state index in [1.54, 1.807) is 0 Å². The molecule has 1 aromatic rings. The molecule has 0 saturated carbocycles. The first-order valence-corrected chi connectivity index (χ1v) is 5.24. The summed E-state index contributed by atoms with van der Waals surface area (Å²) < 4.78 is 0.550. The molecule has 1 heterocycles. The molecule has 14 heavy (non-hydrogen) atoms. The van der Waals surface area contributed by atoms with Gasteiger partial charge in [0.25, 0.3) is 5.56 Å². The Morgan fingerprint density at radius 3 is 2.93 bits per heavy atom. The first kappa shape index (κ1) is 11.4. The third-order valence-corrected chi connectivity index (χ3v) is 2.51. The maximum absolute atomic E-state index is 11.2. The summed E-state index contributed by atoms with van der Waals surface area (Å²) in [6, 6.07) is 0. The molecule has 0 aliphatic heterocycles. The van der Waals surface area contributed by atoms with Crippen molar-refractivity contribution < 1.29 is 0 Å². The number of H-pyrrole nitrogens is 1. The van der Waals surface area contributed by atoms with Gasteiger partial charge in [0, 0.05) is 12.1 Å². The Morgan fingerprint density at radius 2 is 2.36 bits per heavy atom. The largest absolute Gasteiger partial charge is 0.367 e. The van der Waals surface area contributed by atoms with Crippen LogP contribution in [-0.4, -0.2) is 22.1 Å². The first-order valence-electron chi connectivity index (χ1n) is 4.16. The van der Waals surface area contributed by atoms with Gasteiger partial charge < -0.3 is 16.0 Å². The minimum atomic E-state index is -0.326. The van der Waals surface area contributed by atoms with E-state index in [0.29, 0.717) is 15.9 Å². The first-order chi connectivity index (χ1) is 6.40. The highest BCUT2D eigenvalue weighted by Gasteiger charge is 2.12. The van der Waals surface area contributed by atoms with E-state index in [0.717, 1.165) is 0 Å². The predicted octanol–water partition coefficient (Wildman–Crippen LogP) is 0.524. The summed E-state index contributed by atoms with van der Waals surface area (Å²) in [6.07, 6.45) is 1.37. The number of rotatable bonds is 3. The third kappa shape index (κ3) is 3.26. The Balaban J connectivity index is 2.78. The standard InChI is InChI=1S/C8H13IN4O/c1-8(2,10)3-11-6-5(9)7(14)13-4-12-6/h4H,3,10H2,1-2H3,(H2,11,12,13,14). The highest BCUT2D eigenvalue weighted by atomic mass is 127. The van der Waals surface area contributed by atoms with E-state index in [9.17, 15) is 4.79 Å². The molecule has 0 atom stereocenters. The van der Waals surface area contributed by atoms with Crippen LogP contribution in [0.5, 0.6) is 0 Å². The molecule has 5 nitrogen and oxygen atoms in total. The lowest BCUT2D eigenvalue weighted by Crippen LogP contribution is -2.40. The molecule has 4 N–H and O–H groups in total. The van der Waals surface area contributed by atoms with Crippen molar-refractivity contribution in [1.29, 1.82) is 0 Å². The normalized spacial score (nSPS) is 11.4. The van der Waals surface area contributed by atoms with Crippen LogP contribution in [0.1, 0.15) is 13.8 Å². The fraction of sp³-hybridized carbons (Fsp3) is 0.500. The van der Waals surface area contributed by atoms with Gasteiger partial charge in [-0.25, -0.2) is 4.98 Å². The average molecular weight is 308 g/mol.